The minimum absolute atomic E-state index is 1.05. The highest BCUT2D eigenvalue weighted by molar-refractivity contribution is 4.84. The van der Waals surface area contributed by atoms with Gasteiger partial charge in [-0.1, -0.05) is 13.0 Å². The third-order valence-electron chi connectivity index (χ3n) is 2.30. The van der Waals surface area contributed by atoms with Crippen molar-refractivity contribution in [1.82, 2.24) is 10.2 Å². The Morgan fingerprint density at radius 1 is 1.33 bits per heavy atom. The van der Waals surface area contributed by atoms with Crippen molar-refractivity contribution in [2.45, 2.75) is 26.2 Å². The number of hydrogen-bond acceptors (Lipinski definition) is 2. The van der Waals surface area contributed by atoms with E-state index in [2.05, 4.69) is 16.8 Å². The lowest BCUT2D eigenvalue weighted by Gasteiger charge is -2.26. The molecule has 1 aliphatic rings. The van der Waals surface area contributed by atoms with E-state index < -0.39 is 0 Å². The van der Waals surface area contributed by atoms with E-state index in [1.165, 1.54) is 38.9 Å². The second kappa shape index (κ2) is 5.20. The molecule has 0 aromatic carbocycles. The molecule has 12 heavy (non-hydrogen) atoms. The quantitative estimate of drug-likeness (QED) is 0.686. The molecule has 0 amide bonds. The van der Waals surface area contributed by atoms with Gasteiger partial charge in [-0.25, -0.2) is 0 Å². The third kappa shape index (κ3) is 3.77. The second-order valence-electron chi connectivity index (χ2n) is 3.61. The zero-order chi connectivity index (χ0) is 8.81. The molecule has 0 spiro atoms. The molecule has 1 fully saturated rings. The zero-order valence-electron chi connectivity index (χ0n) is 8.10. The fourth-order valence-electron chi connectivity index (χ4n) is 1.61. The average molecular weight is 168 g/mol. The summed E-state index contributed by atoms with van der Waals surface area (Å²) in [6.07, 6.45) is 4.19. The molecule has 0 radical (unpaired) electrons. The van der Waals surface area contributed by atoms with Crippen LogP contribution in [0.3, 0.4) is 0 Å². The molecule has 1 aliphatic heterocycles. The van der Waals surface area contributed by atoms with Gasteiger partial charge in [0.05, 0.1) is 0 Å². The van der Waals surface area contributed by atoms with E-state index in [0.29, 0.717) is 0 Å². The van der Waals surface area contributed by atoms with Crippen LogP contribution in [-0.2, 0) is 0 Å². The van der Waals surface area contributed by atoms with Gasteiger partial charge in [-0.05, 0) is 32.9 Å². The Balaban J connectivity index is 2.01. The van der Waals surface area contributed by atoms with E-state index in [1.54, 1.807) is 0 Å². The molecule has 0 bridgehead atoms. The largest absolute Gasteiger partial charge is 0.388 e. The molecule has 0 unspecified atom stereocenters. The standard InChI is InChI=1S/C10H20N2/c1-10(2)11-6-9-12-7-4-3-5-8-12/h11H,1,3-9H2,2H3. The molecule has 0 aliphatic carbocycles. The fourth-order valence-corrected chi connectivity index (χ4v) is 1.61. The van der Waals surface area contributed by atoms with Crippen LogP contribution < -0.4 is 5.32 Å². The molecular weight excluding hydrogens is 148 g/mol. The number of allylic oxidation sites excluding steroid dienone is 1. The van der Waals surface area contributed by atoms with Crippen LogP contribution >= 0.6 is 0 Å². The van der Waals surface area contributed by atoms with Gasteiger partial charge < -0.3 is 10.2 Å². The smallest absolute Gasteiger partial charge is 0.0271 e. The van der Waals surface area contributed by atoms with Crippen LogP contribution in [0.5, 0.6) is 0 Å². The van der Waals surface area contributed by atoms with Gasteiger partial charge in [0.1, 0.15) is 0 Å². The molecular formula is C10H20N2. The SMILES string of the molecule is C=C(C)NCCN1CCCCC1. The monoisotopic (exact) mass is 168 g/mol. The lowest BCUT2D eigenvalue weighted by Crippen LogP contribution is -2.35. The minimum atomic E-state index is 1.05. The first-order chi connectivity index (χ1) is 5.79. The molecule has 0 aromatic rings. The van der Waals surface area contributed by atoms with Crippen LogP contribution in [0.25, 0.3) is 0 Å². The van der Waals surface area contributed by atoms with Gasteiger partial charge in [-0.2, -0.15) is 0 Å². The van der Waals surface area contributed by atoms with Gasteiger partial charge in [0.15, 0.2) is 0 Å². The summed E-state index contributed by atoms with van der Waals surface area (Å²) in [5.41, 5.74) is 1.08. The van der Waals surface area contributed by atoms with Crippen molar-refractivity contribution in [3.8, 4) is 0 Å². The van der Waals surface area contributed by atoms with Crippen LogP contribution in [0.4, 0.5) is 0 Å². The molecule has 1 saturated heterocycles. The van der Waals surface area contributed by atoms with Crippen LogP contribution in [0.15, 0.2) is 12.3 Å². The Bertz CT molecular complexity index is 137. The van der Waals surface area contributed by atoms with Crippen LogP contribution in [0.2, 0.25) is 0 Å². The molecule has 1 heterocycles. The first kappa shape index (κ1) is 9.59. The first-order valence-electron chi connectivity index (χ1n) is 4.91. The molecule has 1 rings (SSSR count). The summed E-state index contributed by atoms with van der Waals surface area (Å²) in [6.45, 7) is 10.6. The highest BCUT2D eigenvalue weighted by atomic mass is 15.1. The molecule has 2 nitrogen and oxygen atoms in total. The van der Waals surface area contributed by atoms with Crippen LogP contribution in [0, 0.1) is 0 Å². The Morgan fingerprint density at radius 2 is 2.00 bits per heavy atom. The molecule has 70 valence electrons. The third-order valence-corrected chi connectivity index (χ3v) is 2.30. The minimum Gasteiger partial charge on any atom is -0.388 e. The summed E-state index contributed by atoms with van der Waals surface area (Å²) >= 11 is 0. The van der Waals surface area contributed by atoms with Crippen LogP contribution in [-0.4, -0.2) is 31.1 Å². The van der Waals surface area contributed by atoms with Gasteiger partial charge in [-0.3, -0.25) is 0 Å². The number of nitrogens with one attached hydrogen (secondary N) is 1. The summed E-state index contributed by atoms with van der Waals surface area (Å²) in [5, 5.41) is 3.26. The molecule has 2 heteroatoms. The van der Waals surface area contributed by atoms with E-state index in [9.17, 15) is 0 Å². The molecule has 0 saturated carbocycles. The Kier molecular flexibility index (Phi) is 4.15. The van der Waals surface area contributed by atoms with Crippen molar-refractivity contribution < 1.29 is 0 Å². The van der Waals surface area contributed by atoms with Gasteiger partial charge in [0.2, 0.25) is 0 Å². The van der Waals surface area contributed by atoms with Crippen molar-refractivity contribution in [1.29, 1.82) is 0 Å². The van der Waals surface area contributed by atoms with E-state index in [1.807, 2.05) is 6.92 Å². The predicted octanol–water partition coefficient (Wildman–Crippen LogP) is 1.60. The summed E-state index contributed by atoms with van der Waals surface area (Å²) < 4.78 is 0. The number of likely N-dealkylation sites (tertiary alicyclic amines) is 1. The van der Waals surface area contributed by atoms with Gasteiger partial charge in [0, 0.05) is 18.8 Å². The lowest BCUT2D eigenvalue weighted by atomic mass is 10.1. The number of rotatable bonds is 4. The van der Waals surface area contributed by atoms with Crippen molar-refractivity contribution in [2.75, 3.05) is 26.2 Å². The van der Waals surface area contributed by atoms with Gasteiger partial charge in [0.25, 0.3) is 0 Å². The van der Waals surface area contributed by atoms with E-state index in [4.69, 9.17) is 0 Å². The maximum Gasteiger partial charge on any atom is 0.0271 e. The summed E-state index contributed by atoms with van der Waals surface area (Å²) in [5.74, 6) is 0. The van der Waals surface area contributed by atoms with Crippen molar-refractivity contribution >= 4 is 0 Å². The second-order valence-corrected chi connectivity index (χ2v) is 3.61. The number of hydrogen-bond donors (Lipinski definition) is 1. The highest BCUT2D eigenvalue weighted by Gasteiger charge is 2.08. The van der Waals surface area contributed by atoms with Crippen LogP contribution in [0.1, 0.15) is 26.2 Å². The van der Waals surface area contributed by atoms with Crippen molar-refractivity contribution in [3.05, 3.63) is 12.3 Å². The lowest BCUT2D eigenvalue weighted by molar-refractivity contribution is 0.231. The van der Waals surface area contributed by atoms with E-state index >= 15 is 0 Å². The summed E-state index contributed by atoms with van der Waals surface area (Å²) in [6, 6.07) is 0. The highest BCUT2D eigenvalue weighted by Crippen LogP contribution is 2.07. The normalized spacial score (nSPS) is 19.1. The Labute approximate surface area is 75.6 Å². The first-order valence-corrected chi connectivity index (χ1v) is 4.91. The topological polar surface area (TPSA) is 15.3 Å². The molecule has 1 N–H and O–H groups in total. The Morgan fingerprint density at radius 3 is 2.58 bits per heavy atom. The van der Waals surface area contributed by atoms with Crippen molar-refractivity contribution in [2.24, 2.45) is 0 Å². The predicted molar refractivity (Wildman–Crippen MR) is 53.1 cm³/mol. The van der Waals surface area contributed by atoms with Crippen molar-refractivity contribution in [3.63, 3.8) is 0 Å². The maximum absolute atomic E-state index is 3.81. The Hall–Kier alpha value is -0.500. The summed E-state index contributed by atoms with van der Waals surface area (Å²) in [7, 11) is 0. The van der Waals surface area contributed by atoms with Gasteiger partial charge >= 0.3 is 0 Å². The van der Waals surface area contributed by atoms with E-state index in [-0.39, 0.29) is 0 Å². The maximum atomic E-state index is 3.81. The van der Waals surface area contributed by atoms with Gasteiger partial charge in [-0.15, -0.1) is 0 Å². The molecule has 0 atom stereocenters. The summed E-state index contributed by atoms with van der Waals surface area (Å²) in [4.78, 5) is 2.53. The zero-order valence-corrected chi connectivity index (χ0v) is 8.10. The molecule has 0 aromatic heterocycles. The average Bonchev–Trinajstić information content (AvgIpc) is 2.05. The number of nitrogens with zero attached hydrogens (tertiary/aromatic N) is 1. The fraction of sp³-hybridized carbons (Fsp3) is 0.800. The van der Waals surface area contributed by atoms with E-state index in [0.717, 1.165) is 12.2 Å². The number of piperidine rings is 1.